The third-order valence-corrected chi connectivity index (χ3v) is 8.82. The summed E-state index contributed by atoms with van der Waals surface area (Å²) in [5.74, 6) is 0.393. The van der Waals surface area contributed by atoms with Crippen LogP contribution in [-0.2, 0) is 4.43 Å². The van der Waals surface area contributed by atoms with E-state index in [0.29, 0.717) is 5.92 Å². The average Bonchev–Trinajstić information content (AvgIpc) is 2.19. The zero-order valence-corrected chi connectivity index (χ0v) is 13.0. The molecule has 0 aliphatic heterocycles. The van der Waals surface area contributed by atoms with E-state index in [4.69, 9.17) is 4.43 Å². The molecule has 2 nitrogen and oxygen atoms in total. The number of hydrogen-bond acceptors (Lipinski definition) is 2. The first-order valence-corrected chi connectivity index (χ1v) is 9.63. The highest BCUT2D eigenvalue weighted by atomic mass is 28.4. The molecule has 0 aromatic carbocycles. The summed E-state index contributed by atoms with van der Waals surface area (Å²) in [5, 5.41) is 10.1. The van der Waals surface area contributed by atoms with Crippen LogP contribution in [0.2, 0.25) is 18.1 Å². The van der Waals surface area contributed by atoms with Gasteiger partial charge in [0.25, 0.3) is 0 Å². The smallest absolute Gasteiger partial charge is 0.191 e. The van der Waals surface area contributed by atoms with Crippen molar-refractivity contribution in [1.29, 1.82) is 0 Å². The first-order valence-electron chi connectivity index (χ1n) is 6.73. The largest absolute Gasteiger partial charge is 0.417 e. The molecule has 17 heavy (non-hydrogen) atoms. The molecule has 0 heterocycles. The second-order valence-corrected chi connectivity index (χ2v) is 11.5. The van der Waals surface area contributed by atoms with Gasteiger partial charge in [-0.1, -0.05) is 32.9 Å². The fourth-order valence-electron chi connectivity index (χ4n) is 1.87. The third-order valence-electron chi connectivity index (χ3n) is 4.28. The summed E-state index contributed by atoms with van der Waals surface area (Å²) in [7, 11) is -1.61. The maximum absolute atomic E-state index is 9.83. The first kappa shape index (κ1) is 14.9. The van der Waals surface area contributed by atoms with Gasteiger partial charge in [0.15, 0.2) is 8.32 Å². The molecule has 0 unspecified atom stereocenters. The van der Waals surface area contributed by atoms with Crippen LogP contribution >= 0.6 is 0 Å². The van der Waals surface area contributed by atoms with Crippen molar-refractivity contribution in [2.24, 2.45) is 5.92 Å². The first-order chi connectivity index (χ1) is 7.74. The van der Waals surface area contributed by atoms with E-state index < -0.39 is 8.32 Å². The molecule has 1 N–H and O–H groups in total. The summed E-state index contributed by atoms with van der Waals surface area (Å²) in [6.07, 6.45) is 6.93. The standard InChI is InChI=1S/C14H28O2Si/c1-14(2,3)17(4,5)16-11-10-12-8-6-7-9-13(12)15/h7,9,12-13,15H,6,8,10-11H2,1-5H3/t12-,13-/m0/s1. The highest BCUT2D eigenvalue weighted by molar-refractivity contribution is 6.74. The van der Waals surface area contributed by atoms with Crippen LogP contribution in [0.5, 0.6) is 0 Å². The highest BCUT2D eigenvalue weighted by Gasteiger charge is 2.37. The van der Waals surface area contributed by atoms with Crippen molar-refractivity contribution in [2.45, 2.75) is 64.3 Å². The van der Waals surface area contributed by atoms with Crippen LogP contribution in [-0.4, -0.2) is 26.1 Å². The molecule has 0 spiro atoms. The lowest BCUT2D eigenvalue weighted by molar-refractivity contribution is 0.118. The van der Waals surface area contributed by atoms with E-state index in [2.05, 4.69) is 39.9 Å². The number of rotatable bonds is 4. The van der Waals surface area contributed by atoms with Crippen molar-refractivity contribution in [2.75, 3.05) is 6.61 Å². The topological polar surface area (TPSA) is 29.5 Å². The number of allylic oxidation sites excluding steroid dienone is 1. The second-order valence-electron chi connectivity index (χ2n) is 6.65. The van der Waals surface area contributed by atoms with Gasteiger partial charge in [-0.05, 0) is 43.3 Å². The molecule has 2 atom stereocenters. The van der Waals surface area contributed by atoms with Crippen LogP contribution in [0.4, 0.5) is 0 Å². The van der Waals surface area contributed by atoms with Crippen molar-refractivity contribution < 1.29 is 9.53 Å². The van der Waals surface area contributed by atoms with Crippen LogP contribution in [0.15, 0.2) is 12.2 Å². The van der Waals surface area contributed by atoms with Gasteiger partial charge in [0.2, 0.25) is 0 Å². The molecule has 1 rings (SSSR count). The molecule has 1 aliphatic carbocycles. The Balaban J connectivity index is 2.35. The molecule has 1 aliphatic rings. The summed E-state index contributed by atoms with van der Waals surface area (Å²) in [5.41, 5.74) is 0. The van der Waals surface area contributed by atoms with Gasteiger partial charge in [0, 0.05) is 6.61 Å². The molecule has 3 heteroatoms. The minimum atomic E-state index is -1.61. The van der Waals surface area contributed by atoms with Crippen LogP contribution in [0.1, 0.15) is 40.0 Å². The predicted octanol–water partition coefficient (Wildman–Crippen LogP) is 3.73. The summed E-state index contributed by atoms with van der Waals surface area (Å²) < 4.78 is 6.15. The number of hydrogen-bond donors (Lipinski definition) is 1. The second kappa shape index (κ2) is 5.68. The Morgan fingerprint density at radius 1 is 1.35 bits per heavy atom. The van der Waals surface area contributed by atoms with Crippen LogP contribution in [0.25, 0.3) is 0 Å². The molecule has 0 saturated carbocycles. The average molecular weight is 256 g/mol. The Labute approximate surface area is 107 Å². The Hall–Kier alpha value is -0.123. The van der Waals surface area contributed by atoms with E-state index in [-0.39, 0.29) is 11.1 Å². The molecule has 0 aromatic rings. The summed E-state index contributed by atoms with van der Waals surface area (Å²) in [6, 6.07) is 0. The zero-order chi connectivity index (χ0) is 13.1. The van der Waals surface area contributed by atoms with Gasteiger partial charge in [-0.2, -0.15) is 0 Å². The Morgan fingerprint density at radius 3 is 2.53 bits per heavy atom. The van der Waals surface area contributed by atoms with Gasteiger partial charge < -0.3 is 9.53 Å². The van der Waals surface area contributed by atoms with Crippen molar-refractivity contribution in [3.63, 3.8) is 0 Å². The fraction of sp³-hybridized carbons (Fsp3) is 0.857. The van der Waals surface area contributed by atoms with Gasteiger partial charge in [-0.25, -0.2) is 0 Å². The molecule has 0 radical (unpaired) electrons. The molecule has 0 bridgehead atoms. The summed E-state index contributed by atoms with van der Waals surface area (Å²) in [4.78, 5) is 0. The fourth-order valence-corrected chi connectivity index (χ4v) is 2.93. The predicted molar refractivity (Wildman–Crippen MR) is 75.6 cm³/mol. The Morgan fingerprint density at radius 2 is 2.00 bits per heavy atom. The van der Waals surface area contributed by atoms with Crippen LogP contribution in [0, 0.1) is 5.92 Å². The van der Waals surface area contributed by atoms with Gasteiger partial charge in [-0.3, -0.25) is 0 Å². The van der Waals surface area contributed by atoms with E-state index in [1.807, 2.05) is 6.08 Å². The van der Waals surface area contributed by atoms with Crippen molar-refractivity contribution in [1.82, 2.24) is 0 Å². The molecular weight excluding hydrogens is 228 g/mol. The lowest BCUT2D eigenvalue weighted by Crippen LogP contribution is -2.41. The highest BCUT2D eigenvalue weighted by Crippen LogP contribution is 2.37. The van der Waals surface area contributed by atoms with E-state index in [0.717, 1.165) is 25.9 Å². The van der Waals surface area contributed by atoms with Gasteiger partial charge in [-0.15, -0.1) is 0 Å². The zero-order valence-electron chi connectivity index (χ0n) is 12.0. The van der Waals surface area contributed by atoms with Gasteiger partial charge in [0.05, 0.1) is 6.10 Å². The molecule has 0 fully saturated rings. The van der Waals surface area contributed by atoms with Gasteiger partial charge >= 0.3 is 0 Å². The maximum atomic E-state index is 9.83. The molecule has 100 valence electrons. The maximum Gasteiger partial charge on any atom is 0.191 e. The van der Waals surface area contributed by atoms with Crippen molar-refractivity contribution in [3.05, 3.63) is 12.2 Å². The molecule has 0 aromatic heterocycles. The Kier molecular flexibility index (Phi) is 4.99. The minimum absolute atomic E-state index is 0.258. The quantitative estimate of drug-likeness (QED) is 0.613. The van der Waals surface area contributed by atoms with E-state index in [1.165, 1.54) is 0 Å². The molecule has 0 saturated heterocycles. The van der Waals surface area contributed by atoms with E-state index in [1.54, 1.807) is 0 Å². The number of aliphatic hydroxyl groups excluding tert-OH is 1. The van der Waals surface area contributed by atoms with Crippen molar-refractivity contribution in [3.8, 4) is 0 Å². The van der Waals surface area contributed by atoms with Gasteiger partial charge in [0.1, 0.15) is 0 Å². The minimum Gasteiger partial charge on any atom is -0.417 e. The van der Waals surface area contributed by atoms with Crippen LogP contribution in [0.3, 0.4) is 0 Å². The Bertz CT molecular complexity index is 266. The third kappa shape index (κ3) is 4.23. The lowest BCUT2D eigenvalue weighted by Gasteiger charge is -2.36. The van der Waals surface area contributed by atoms with E-state index >= 15 is 0 Å². The molecule has 0 amide bonds. The SMILES string of the molecule is CC(C)(C)[Si](C)(C)OCC[C@@H]1CCC=C[C@@H]1O. The number of aliphatic hydroxyl groups is 1. The summed E-state index contributed by atoms with van der Waals surface area (Å²) in [6.45, 7) is 12.1. The van der Waals surface area contributed by atoms with Crippen LogP contribution < -0.4 is 0 Å². The molecular formula is C14H28O2Si. The van der Waals surface area contributed by atoms with Crippen molar-refractivity contribution >= 4 is 8.32 Å². The van der Waals surface area contributed by atoms with E-state index in [9.17, 15) is 5.11 Å². The monoisotopic (exact) mass is 256 g/mol. The lowest BCUT2D eigenvalue weighted by atomic mass is 9.89. The normalized spacial score (nSPS) is 26.2. The summed E-state index contributed by atoms with van der Waals surface area (Å²) >= 11 is 0.